The van der Waals surface area contributed by atoms with Crippen molar-refractivity contribution in [1.82, 2.24) is 4.90 Å². The fourth-order valence-electron chi connectivity index (χ4n) is 3.07. The SMILES string of the molecule is O=C(Nc1ccc(C(=O)N2CCOCC2)cc1)c1ccc(-c2ccc(Cl)cc2)o1. The molecule has 0 unspecified atom stereocenters. The van der Waals surface area contributed by atoms with Crippen LogP contribution < -0.4 is 5.32 Å². The molecule has 1 N–H and O–H groups in total. The lowest BCUT2D eigenvalue weighted by molar-refractivity contribution is 0.0303. The Morgan fingerprint density at radius 2 is 1.59 bits per heavy atom. The Morgan fingerprint density at radius 1 is 0.897 bits per heavy atom. The van der Waals surface area contributed by atoms with Crippen molar-refractivity contribution < 1.29 is 18.7 Å². The van der Waals surface area contributed by atoms with Crippen molar-refractivity contribution in [2.24, 2.45) is 0 Å². The molecule has 1 aliphatic heterocycles. The molecule has 2 aromatic carbocycles. The molecule has 0 spiro atoms. The number of anilines is 1. The van der Waals surface area contributed by atoms with Crippen LogP contribution in [0, 0.1) is 0 Å². The Labute approximate surface area is 173 Å². The van der Waals surface area contributed by atoms with Crippen molar-refractivity contribution >= 4 is 29.1 Å². The first kappa shape index (κ1) is 19.2. The molecule has 148 valence electrons. The molecule has 1 fully saturated rings. The Kier molecular flexibility index (Phi) is 5.64. The van der Waals surface area contributed by atoms with Crippen LogP contribution in [0.5, 0.6) is 0 Å². The van der Waals surface area contributed by atoms with Gasteiger partial charge in [-0.25, -0.2) is 0 Å². The summed E-state index contributed by atoms with van der Waals surface area (Å²) in [6.45, 7) is 2.29. The van der Waals surface area contributed by atoms with Crippen molar-refractivity contribution in [3.8, 4) is 11.3 Å². The van der Waals surface area contributed by atoms with Crippen LogP contribution in [0.4, 0.5) is 5.69 Å². The summed E-state index contributed by atoms with van der Waals surface area (Å²) in [5, 5.41) is 3.41. The maximum absolute atomic E-state index is 12.5. The third-order valence-electron chi connectivity index (χ3n) is 4.65. The first-order chi connectivity index (χ1) is 14.1. The molecule has 29 heavy (non-hydrogen) atoms. The Bertz CT molecular complexity index is 1010. The highest BCUT2D eigenvalue weighted by Crippen LogP contribution is 2.24. The van der Waals surface area contributed by atoms with Gasteiger partial charge in [-0.3, -0.25) is 9.59 Å². The molecule has 2 amide bonds. The van der Waals surface area contributed by atoms with Crippen molar-refractivity contribution in [2.75, 3.05) is 31.6 Å². The molecule has 6 nitrogen and oxygen atoms in total. The number of amides is 2. The van der Waals surface area contributed by atoms with E-state index in [0.717, 1.165) is 5.56 Å². The lowest BCUT2D eigenvalue weighted by Crippen LogP contribution is -2.40. The Morgan fingerprint density at radius 3 is 2.28 bits per heavy atom. The van der Waals surface area contributed by atoms with Crippen LogP contribution in [0.1, 0.15) is 20.9 Å². The Balaban J connectivity index is 1.41. The number of nitrogens with one attached hydrogen (secondary N) is 1. The standard InChI is InChI=1S/C22H19ClN2O4/c23-17-5-1-15(2-6-17)19-9-10-20(29-19)21(26)24-18-7-3-16(4-8-18)22(27)25-11-13-28-14-12-25/h1-10H,11-14H2,(H,24,26). The van der Waals surface area contributed by atoms with Gasteiger partial charge >= 0.3 is 0 Å². The van der Waals surface area contributed by atoms with Crippen LogP contribution in [0.2, 0.25) is 5.02 Å². The average molecular weight is 411 g/mol. The van der Waals surface area contributed by atoms with Crippen molar-refractivity contribution in [1.29, 1.82) is 0 Å². The lowest BCUT2D eigenvalue weighted by Gasteiger charge is -2.26. The van der Waals surface area contributed by atoms with E-state index in [4.69, 9.17) is 20.8 Å². The monoisotopic (exact) mass is 410 g/mol. The van der Waals surface area contributed by atoms with Crippen molar-refractivity contribution in [3.05, 3.63) is 77.0 Å². The topological polar surface area (TPSA) is 71.8 Å². The van der Waals surface area contributed by atoms with Gasteiger partial charge in [0.25, 0.3) is 11.8 Å². The van der Waals surface area contributed by atoms with Gasteiger partial charge in [0.2, 0.25) is 0 Å². The molecular weight excluding hydrogens is 392 g/mol. The summed E-state index contributed by atoms with van der Waals surface area (Å²) < 4.78 is 10.9. The zero-order chi connectivity index (χ0) is 20.2. The fourth-order valence-corrected chi connectivity index (χ4v) is 3.19. The first-order valence-corrected chi connectivity index (χ1v) is 9.62. The van der Waals surface area contributed by atoms with Crippen LogP contribution in [0.3, 0.4) is 0 Å². The van der Waals surface area contributed by atoms with Crippen LogP contribution in [-0.4, -0.2) is 43.0 Å². The van der Waals surface area contributed by atoms with E-state index in [9.17, 15) is 9.59 Å². The second kappa shape index (κ2) is 8.51. The van der Waals surface area contributed by atoms with E-state index in [1.54, 1.807) is 53.4 Å². The van der Waals surface area contributed by atoms with E-state index in [-0.39, 0.29) is 17.6 Å². The van der Waals surface area contributed by atoms with E-state index in [0.29, 0.717) is 48.3 Å². The second-order valence-electron chi connectivity index (χ2n) is 6.61. The molecule has 1 saturated heterocycles. The molecule has 2 heterocycles. The van der Waals surface area contributed by atoms with Gasteiger partial charge in [-0.2, -0.15) is 0 Å². The summed E-state index contributed by atoms with van der Waals surface area (Å²) in [7, 11) is 0. The van der Waals surface area contributed by atoms with Gasteiger partial charge in [0.1, 0.15) is 5.76 Å². The van der Waals surface area contributed by atoms with Gasteiger partial charge in [-0.1, -0.05) is 11.6 Å². The number of furan rings is 1. The molecule has 7 heteroatoms. The zero-order valence-electron chi connectivity index (χ0n) is 15.6. The molecule has 0 aliphatic carbocycles. The smallest absolute Gasteiger partial charge is 0.291 e. The number of morpholine rings is 1. The molecule has 1 aromatic heterocycles. The number of carbonyl (C=O) groups excluding carboxylic acids is 2. The third kappa shape index (κ3) is 4.50. The van der Waals surface area contributed by atoms with Gasteiger partial charge in [0, 0.05) is 34.9 Å². The lowest BCUT2D eigenvalue weighted by atomic mass is 10.1. The normalized spacial score (nSPS) is 13.9. The summed E-state index contributed by atoms with van der Waals surface area (Å²) in [6.07, 6.45) is 0. The third-order valence-corrected chi connectivity index (χ3v) is 4.90. The molecule has 3 aromatic rings. The number of hydrogen-bond acceptors (Lipinski definition) is 4. The number of halogens is 1. The number of rotatable bonds is 4. The molecule has 1 aliphatic rings. The van der Waals surface area contributed by atoms with Crippen molar-refractivity contribution in [3.63, 3.8) is 0 Å². The average Bonchev–Trinajstić information content (AvgIpc) is 3.25. The largest absolute Gasteiger partial charge is 0.451 e. The molecule has 0 bridgehead atoms. The highest BCUT2D eigenvalue weighted by molar-refractivity contribution is 6.30. The molecule has 0 atom stereocenters. The first-order valence-electron chi connectivity index (χ1n) is 9.24. The summed E-state index contributed by atoms with van der Waals surface area (Å²) in [5.74, 6) is 0.379. The minimum absolute atomic E-state index is 0.0372. The minimum atomic E-state index is -0.363. The number of benzene rings is 2. The molecule has 0 radical (unpaired) electrons. The van der Waals surface area contributed by atoms with Gasteiger partial charge in [-0.15, -0.1) is 0 Å². The summed E-state index contributed by atoms with van der Waals surface area (Å²) in [4.78, 5) is 26.7. The van der Waals surface area contributed by atoms with Crippen LogP contribution in [0.15, 0.2) is 65.1 Å². The van der Waals surface area contributed by atoms with Crippen LogP contribution in [0.25, 0.3) is 11.3 Å². The van der Waals surface area contributed by atoms with Crippen LogP contribution >= 0.6 is 11.6 Å². The van der Waals surface area contributed by atoms with E-state index >= 15 is 0 Å². The van der Waals surface area contributed by atoms with Gasteiger partial charge in [-0.05, 0) is 60.7 Å². The maximum atomic E-state index is 12.5. The summed E-state index contributed by atoms with van der Waals surface area (Å²) in [6, 6.07) is 17.3. The summed E-state index contributed by atoms with van der Waals surface area (Å²) >= 11 is 5.90. The zero-order valence-corrected chi connectivity index (χ0v) is 16.3. The number of nitrogens with zero attached hydrogens (tertiary/aromatic N) is 1. The quantitative estimate of drug-likeness (QED) is 0.695. The molecular formula is C22H19ClN2O4. The number of ether oxygens (including phenoxy) is 1. The second-order valence-corrected chi connectivity index (χ2v) is 7.04. The predicted molar refractivity (Wildman–Crippen MR) is 110 cm³/mol. The summed E-state index contributed by atoms with van der Waals surface area (Å²) in [5.41, 5.74) is 1.99. The van der Waals surface area contributed by atoms with Gasteiger partial charge in [0.15, 0.2) is 5.76 Å². The molecule has 4 rings (SSSR count). The maximum Gasteiger partial charge on any atom is 0.291 e. The minimum Gasteiger partial charge on any atom is -0.451 e. The highest BCUT2D eigenvalue weighted by Gasteiger charge is 2.18. The van der Waals surface area contributed by atoms with E-state index in [2.05, 4.69) is 5.32 Å². The van der Waals surface area contributed by atoms with Gasteiger partial charge in [0.05, 0.1) is 13.2 Å². The van der Waals surface area contributed by atoms with Crippen LogP contribution in [-0.2, 0) is 4.74 Å². The van der Waals surface area contributed by atoms with Gasteiger partial charge < -0.3 is 19.4 Å². The van der Waals surface area contributed by atoms with E-state index in [1.165, 1.54) is 0 Å². The van der Waals surface area contributed by atoms with Crippen molar-refractivity contribution in [2.45, 2.75) is 0 Å². The van der Waals surface area contributed by atoms with E-state index in [1.807, 2.05) is 12.1 Å². The predicted octanol–water partition coefficient (Wildman–Crippen LogP) is 4.32. The highest BCUT2D eigenvalue weighted by atomic mass is 35.5. The number of hydrogen-bond donors (Lipinski definition) is 1. The van der Waals surface area contributed by atoms with E-state index < -0.39 is 0 Å². The fraction of sp³-hybridized carbons (Fsp3) is 0.182. The number of carbonyl (C=O) groups is 2. The molecule has 0 saturated carbocycles. The Hall–Kier alpha value is -3.09.